The quantitative estimate of drug-likeness (QED) is 0.715. The van der Waals surface area contributed by atoms with E-state index in [1.165, 1.54) is 22.8 Å². The van der Waals surface area contributed by atoms with Crippen molar-refractivity contribution in [2.24, 2.45) is 5.92 Å². The van der Waals surface area contributed by atoms with Gasteiger partial charge in [-0.2, -0.15) is 0 Å². The summed E-state index contributed by atoms with van der Waals surface area (Å²) in [7, 11) is -3.83. The van der Waals surface area contributed by atoms with Crippen LogP contribution >= 0.6 is 0 Å². The van der Waals surface area contributed by atoms with Crippen molar-refractivity contribution in [3.63, 3.8) is 0 Å². The molecule has 0 aliphatic heterocycles. The summed E-state index contributed by atoms with van der Waals surface area (Å²) in [5, 5.41) is 9.25. The fourth-order valence-corrected chi connectivity index (χ4v) is 5.18. The van der Waals surface area contributed by atoms with Gasteiger partial charge in [0.05, 0.1) is 15.8 Å². The number of aliphatic hydroxyl groups is 1. The molecule has 8 nitrogen and oxygen atoms in total. The lowest BCUT2D eigenvalue weighted by molar-refractivity contribution is 0.274. The van der Waals surface area contributed by atoms with E-state index in [2.05, 4.69) is 4.72 Å². The molecule has 1 aliphatic rings. The van der Waals surface area contributed by atoms with E-state index >= 15 is 0 Å². The molecule has 1 aliphatic carbocycles. The molecule has 0 radical (unpaired) electrons. The van der Waals surface area contributed by atoms with Gasteiger partial charge < -0.3 is 5.11 Å². The first-order valence-corrected chi connectivity index (χ1v) is 10.6. The number of aliphatic hydroxyl groups excluding tert-OH is 1. The fourth-order valence-electron chi connectivity index (χ4n) is 3.67. The van der Waals surface area contributed by atoms with Crippen molar-refractivity contribution in [2.45, 2.75) is 57.1 Å². The van der Waals surface area contributed by atoms with E-state index in [1.54, 1.807) is 13.8 Å². The van der Waals surface area contributed by atoms with Crippen molar-refractivity contribution >= 4 is 20.9 Å². The zero-order valence-electron chi connectivity index (χ0n) is 15.7. The molecule has 148 valence electrons. The number of nitrogens with one attached hydrogen (secondary N) is 1. The number of aryl methyl sites for hydroxylation is 1. The standard InChI is InChI=1S/C18H25N3O5S/c1-4-20-15-7-6-13(10-14(15)16(23)21(5-2)17(20)24)27(25,26)19-18(3)11-12(18)8-9-22/h6-7,10,12,19,22H,4-5,8-9,11H2,1-3H3/t12-,18+/m1/s1. The first-order valence-electron chi connectivity index (χ1n) is 9.10. The third-order valence-corrected chi connectivity index (χ3v) is 7.00. The Balaban J connectivity index is 2.09. The van der Waals surface area contributed by atoms with Crippen molar-refractivity contribution in [3.8, 4) is 0 Å². The highest BCUT2D eigenvalue weighted by Crippen LogP contribution is 2.46. The summed E-state index contributed by atoms with van der Waals surface area (Å²) in [6.45, 7) is 5.91. The molecule has 0 bridgehead atoms. The molecular formula is C18H25N3O5S. The van der Waals surface area contributed by atoms with Crippen LogP contribution in [0.3, 0.4) is 0 Å². The molecule has 1 aromatic heterocycles. The zero-order chi connectivity index (χ0) is 20.0. The van der Waals surface area contributed by atoms with Gasteiger partial charge in [0, 0.05) is 25.2 Å². The van der Waals surface area contributed by atoms with Gasteiger partial charge in [-0.25, -0.2) is 17.9 Å². The maximum absolute atomic E-state index is 12.8. The highest BCUT2D eigenvalue weighted by Gasteiger charge is 2.51. The Hall–Kier alpha value is -1.97. The van der Waals surface area contributed by atoms with Gasteiger partial charge in [0.15, 0.2) is 0 Å². The van der Waals surface area contributed by atoms with Gasteiger partial charge in [-0.3, -0.25) is 13.9 Å². The summed E-state index contributed by atoms with van der Waals surface area (Å²) in [4.78, 5) is 25.1. The molecule has 1 fully saturated rings. The topological polar surface area (TPSA) is 110 Å². The number of rotatable bonds is 7. The van der Waals surface area contributed by atoms with Crippen LogP contribution in [0.15, 0.2) is 32.7 Å². The molecule has 1 saturated carbocycles. The summed E-state index contributed by atoms with van der Waals surface area (Å²) in [5.74, 6) is 0.0975. The number of fused-ring (bicyclic) bond motifs is 1. The van der Waals surface area contributed by atoms with Gasteiger partial charge in [-0.15, -0.1) is 0 Å². The first kappa shape index (κ1) is 19.8. The summed E-state index contributed by atoms with van der Waals surface area (Å²) in [6, 6.07) is 4.26. The monoisotopic (exact) mass is 395 g/mol. The third-order valence-electron chi connectivity index (χ3n) is 5.40. The van der Waals surface area contributed by atoms with Crippen molar-refractivity contribution in [2.75, 3.05) is 6.61 Å². The maximum atomic E-state index is 12.8. The predicted molar refractivity (Wildman–Crippen MR) is 102 cm³/mol. The molecule has 0 unspecified atom stereocenters. The van der Waals surface area contributed by atoms with Crippen molar-refractivity contribution < 1.29 is 13.5 Å². The van der Waals surface area contributed by atoms with Gasteiger partial charge in [0.25, 0.3) is 5.56 Å². The van der Waals surface area contributed by atoms with Crippen LogP contribution in [0.4, 0.5) is 0 Å². The highest BCUT2D eigenvalue weighted by atomic mass is 32.2. The maximum Gasteiger partial charge on any atom is 0.331 e. The average molecular weight is 395 g/mol. The molecule has 0 amide bonds. The Morgan fingerprint density at radius 2 is 1.89 bits per heavy atom. The number of benzene rings is 1. The van der Waals surface area contributed by atoms with E-state index in [1.807, 2.05) is 6.92 Å². The molecule has 1 aromatic carbocycles. The Morgan fingerprint density at radius 3 is 2.48 bits per heavy atom. The Morgan fingerprint density at radius 1 is 1.22 bits per heavy atom. The molecule has 2 N–H and O–H groups in total. The SMILES string of the molecule is CCn1c(=O)c2cc(S(=O)(=O)N[C@@]3(C)C[C@H]3CCO)ccc2n(CC)c1=O. The smallest absolute Gasteiger partial charge is 0.331 e. The Kier molecular flexibility index (Phi) is 5.04. The Bertz CT molecular complexity index is 1100. The van der Waals surface area contributed by atoms with Crippen LogP contribution < -0.4 is 16.0 Å². The van der Waals surface area contributed by atoms with E-state index < -0.39 is 26.8 Å². The summed E-state index contributed by atoms with van der Waals surface area (Å²) in [6.07, 6.45) is 1.21. The highest BCUT2D eigenvalue weighted by molar-refractivity contribution is 7.89. The van der Waals surface area contributed by atoms with E-state index in [0.29, 0.717) is 24.9 Å². The second-order valence-corrected chi connectivity index (χ2v) is 8.87. The number of nitrogens with zero attached hydrogens (tertiary/aromatic N) is 2. The largest absolute Gasteiger partial charge is 0.396 e. The molecule has 2 atom stereocenters. The molecule has 2 aromatic rings. The minimum Gasteiger partial charge on any atom is -0.396 e. The molecule has 0 spiro atoms. The summed E-state index contributed by atoms with van der Waals surface area (Å²) >= 11 is 0. The van der Waals surface area contributed by atoms with E-state index in [-0.39, 0.29) is 29.4 Å². The van der Waals surface area contributed by atoms with Crippen LogP contribution in [0, 0.1) is 5.92 Å². The second kappa shape index (κ2) is 6.88. The van der Waals surface area contributed by atoms with Crippen LogP contribution in [0.1, 0.15) is 33.6 Å². The van der Waals surface area contributed by atoms with Crippen molar-refractivity contribution in [3.05, 3.63) is 39.0 Å². The summed E-state index contributed by atoms with van der Waals surface area (Å²) in [5.41, 5.74) is -1.05. The van der Waals surface area contributed by atoms with Crippen LogP contribution in [0.25, 0.3) is 10.9 Å². The lowest BCUT2D eigenvalue weighted by Crippen LogP contribution is -2.40. The van der Waals surface area contributed by atoms with Crippen LogP contribution in [0.2, 0.25) is 0 Å². The Labute approximate surface area is 157 Å². The number of sulfonamides is 1. The number of aromatic nitrogens is 2. The van der Waals surface area contributed by atoms with Gasteiger partial charge in [-0.05, 0) is 57.7 Å². The molecule has 0 saturated heterocycles. The lowest BCUT2D eigenvalue weighted by Gasteiger charge is -2.16. The zero-order valence-corrected chi connectivity index (χ0v) is 16.5. The summed E-state index contributed by atoms with van der Waals surface area (Å²) < 4.78 is 30.9. The van der Waals surface area contributed by atoms with Gasteiger partial charge in [0.2, 0.25) is 10.0 Å². The normalized spacial score (nSPS) is 22.3. The van der Waals surface area contributed by atoms with E-state index in [4.69, 9.17) is 5.11 Å². The molecule has 27 heavy (non-hydrogen) atoms. The van der Waals surface area contributed by atoms with Crippen LogP contribution in [-0.2, 0) is 23.1 Å². The van der Waals surface area contributed by atoms with Crippen molar-refractivity contribution in [1.82, 2.24) is 13.9 Å². The van der Waals surface area contributed by atoms with Gasteiger partial charge >= 0.3 is 5.69 Å². The first-order chi connectivity index (χ1) is 12.7. The average Bonchev–Trinajstić information content (AvgIpc) is 3.23. The third kappa shape index (κ3) is 3.35. The number of hydrogen-bond donors (Lipinski definition) is 2. The van der Waals surface area contributed by atoms with Crippen molar-refractivity contribution in [1.29, 1.82) is 0 Å². The number of hydrogen-bond acceptors (Lipinski definition) is 5. The molecular weight excluding hydrogens is 370 g/mol. The molecule has 1 heterocycles. The molecule has 9 heteroatoms. The van der Waals surface area contributed by atoms with Crippen LogP contribution in [-0.4, -0.2) is 34.8 Å². The van der Waals surface area contributed by atoms with Crippen LogP contribution in [0.5, 0.6) is 0 Å². The van der Waals surface area contributed by atoms with E-state index in [9.17, 15) is 18.0 Å². The second-order valence-electron chi connectivity index (χ2n) is 7.19. The predicted octanol–water partition coefficient (Wildman–Crippen LogP) is 0.642. The van der Waals surface area contributed by atoms with Gasteiger partial charge in [-0.1, -0.05) is 0 Å². The fraction of sp³-hybridized carbons (Fsp3) is 0.556. The minimum atomic E-state index is -3.83. The lowest BCUT2D eigenvalue weighted by atomic mass is 10.2. The van der Waals surface area contributed by atoms with E-state index in [0.717, 1.165) is 4.57 Å². The minimum absolute atomic E-state index is 0.00747. The molecule has 3 rings (SSSR count). The van der Waals surface area contributed by atoms with Gasteiger partial charge in [0.1, 0.15) is 0 Å².